The van der Waals surface area contributed by atoms with Gasteiger partial charge in [-0.25, -0.2) is 0 Å². The molecule has 0 fully saturated rings. The first-order chi connectivity index (χ1) is 9.75. The lowest BCUT2D eigenvalue weighted by Crippen LogP contribution is -2.36. The van der Waals surface area contributed by atoms with Crippen molar-refractivity contribution in [3.8, 4) is 0 Å². The summed E-state index contributed by atoms with van der Waals surface area (Å²) in [5.74, 6) is 0. The van der Waals surface area contributed by atoms with Crippen LogP contribution < -0.4 is 10.6 Å². The SMILES string of the molecule is S=C(NCc1ccncc1)C(=S)NCc1ccncc1. The lowest BCUT2D eigenvalue weighted by Gasteiger charge is -2.11. The van der Waals surface area contributed by atoms with E-state index in [0.717, 1.165) is 11.1 Å². The van der Waals surface area contributed by atoms with E-state index in [9.17, 15) is 0 Å². The quantitative estimate of drug-likeness (QED) is 0.843. The summed E-state index contributed by atoms with van der Waals surface area (Å²) in [5, 5.41) is 6.25. The third-order valence-electron chi connectivity index (χ3n) is 2.61. The summed E-state index contributed by atoms with van der Waals surface area (Å²) in [6.07, 6.45) is 7.00. The predicted molar refractivity (Wildman–Crippen MR) is 87.3 cm³/mol. The molecule has 0 saturated heterocycles. The molecule has 102 valence electrons. The maximum absolute atomic E-state index is 5.25. The molecule has 0 aromatic carbocycles. The minimum absolute atomic E-state index is 0.547. The van der Waals surface area contributed by atoms with Crippen molar-refractivity contribution in [3.05, 3.63) is 60.2 Å². The third kappa shape index (κ3) is 4.64. The average Bonchev–Trinajstić information content (AvgIpc) is 2.52. The van der Waals surface area contributed by atoms with Crippen LogP contribution in [-0.4, -0.2) is 19.9 Å². The maximum Gasteiger partial charge on any atom is 0.134 e. The van der Waals surface area contributed by atoms with Crippen LogP contribution in [0.4, 0.5) is 0 Å². The summed E-state index contributed by atoms with van der Waals surface area (Å²) in [6, 6.07) is 7.73. The Morgan fingerprint density at radius 2 is 1.10 bits per heavy atom. The smallest absolute Gasteiger partial charge is 0.134 e. The summed E-state index contributed by atoms with van der Waals surface area (Å²) >= 11 is 10.5. The van der Waals surface area contributed by atoms with E-state index in [1.807, 2.05) is 24.3 Å². The fourth-order valence-corrected chi connectivity index (χ4v) is 1.82. The van der Waals surface area contributed by atoms with Gasteiger partial charge in [0.25, 0.3) is 0 Å². The second-order valence-corrected chi connectivity index (χ2v) is 4.89. The Hall–Kier alpha value is -1.92. The number of aromatic nitrogens is 2. The molecule has 20 heavy (non-hydrogen) atoms. The zero-order valence-electron chi connectivity index (χ0n) is 10.7. The topological polar surface area (TPSA) is 49.8 Å². The van der Waals surface area contributed by atoms with E-state index < -0.39 is 0 Å². The highest BCUT2D eigenvalue weighted by Gasteiger charge is 2.04. The zero-order chi connectivity index (χ0) is 14.2. The molecular weight excluding hydrogens is 288 g/mol. The second kappa shape index (κ2) is 7.62. The summed E-state index contributed by atoms with van der Waals surface area (Å²) in [6.45, 7) is 1.27. The lowest BCUT2D eigenvalue weighted by molar-refractivity contribution is 0.905. The molecule has 2 heterocycles. The molecule has 4 nitrogen and oxygen atoms in total. The van der Waals surface area contributed by atoms with Gasteiger partial charge in [-0.1, -0.05) is 24.4 Å². The molecule has 0 saturated carbocycles. The lowest BCUT2D eigenvalue weighted by atomic mass is 10.2. The fourth-order valence-electron chi connectivity index (χ4n) is 1.53. The van der Waals surface area contributed by atoms with Gasteiger partial charge < -0.3 is 10.6 Å². The number of nitrogens with zero attached hydrogens (tertiary/aromatic N) is 2. The van der Waals surface area contributed by atoms with Crippen molar-refractivity contribution in [1.29, 1.82) is 0 Å². The Morgan fingerprint density at radius 3 is 1.45 bits per heavy atom. The van der Waals surface area contributed by atoms with Gasteiger partial charge in [-0.3, -0.25) is 9.97 Å². The van der Waals surface area contributed by atoms with Gasteiger partial charge in [0, 0.05) is 37.9 Å². The highest BCUT2D eigenvalue weighted by molar-refractivity contribution is 7.89. The Morgan fingerprint density at radius 1 is 0.750 bits per heavy atom. The van der Waals surface area contributed by atoms with E-state index in [4.69, 9.17) is 24.4 Å². The summed E-state index contributed by atoms with van der Waals surface area (Å²) in [7, 11) is 0. The maximum atomic E-state index is 5.25. The van der Waals surface area contributed by atoms with E-state index in [0.29, 0.717) is 23.1 Å². The van der Waals surface area contributed by atoms with Crippen LogP contribution in [0.1, 0.15) is 11.1 Å². The first kappa shape index (κ1) is 14.5. The number of pyridine rings is 2. The third-order valence-corrected chi connectivity index (χ3v) is 3.44. The minimum Gasteiger partial charge on any atom is -0.370 e. The number of thiocarbonyl (C=S) groups is 2. The molecule has 0 amide bonds. The molecule has 0 atom stereocenters. The first-order valence-electron chi connectivity index (χ1n) is 6.09. The molecule has 0 aliphatic rings. The molecule has 0 radical (unpaired) electrons. The molecule has 6 heteroatoms. The molecule has 2 aromatic rings. The number of nitrogens with one attached hydrogen (secondary N) is 2. The number of rotatable bonds is 4. The van der Waals surface area contributed by atoms with Crippen LogP contribution in [0.25, 0.3) is 0 Å². The molecule has 0 unspecified atom stereocenters. The monoisotopic (exact) mass is 302 g/mol. The van der Waals surface area contributed by atoms with Gasteiger partial charge in [0.15, 0.2) is 0 Å². The van der Waals surface area contributed by atoms with Crippen molar-refractivity contribution < 1.29 is 0 Å². The van der Waals surface area contributed by atoms with E-state index in [1.54, 1.807) is 24.8 Å². The van der Waals surface area contributed by atoms with E-state index in [-0.39, 0.29) is 0 Å². The Balaban J connectivity index is 1.76. The number of hydrogen-bond acceptors (Lipinski definition) is 4. The van der Waals surface area contributed by atoms with Crippen LogP contribution in [0, 0.1) is 0 Å². The van der Waals surface area contributed by atoms with Crippen LogP contribution >= 0.6 is 24.4 Å². The molecule has 2 rings (SSSR count). The van der Waals surface area contributed by atoms with Crippen molar-refractivity contribution in [1.82, 2.24) is 20.6 Å². The van der Waals surface area contributed by atoms with Crippen molar-refractivity contribution >= 4 is 34.4 Å². The summed E-state index contributed by atoms with van der Waals surface area (Å²) < 4.78 is 0. The Kier molecular flexibility index (Phi) is 5.52. The van der Waals surface area contributed by atoms with Gasteiger partial charge in [-0.05, 0) is 35.4 Å². The molecule has 2 N–H and O–H groups in total. The standard InChI is InChI=1S/C14H14N4S2/c19-13(17-9-11-1-5-15-6-2-11)14(20)18-10-12-3-7-16-8-4-12/h1-8H,9-10H2,(H,17,19)(H,18,20). The van der Waals surface area contributed by atoms with Crippen molar-refractivity contribution in [2.24, 2.45) is 0 Å². The molecular formula is C14H14N4S2. The van der Waals surface area contributed by atoms with E-state index in [2.05, 4.69) is 20.6 Å². The van der Waals surface area contributed by atoms with Crippen LogP contribution in [0.2, 0.25) is 0 Å². The largest absolute Gasteiger partial charge is 0.370 e. The van der Waals surface area contributed by atoms with Crippen LogP contribution in [-0.2, 0) is 13.1 Å². The Labute approximate surface area is 128 Å². The molecule has 2 aromatic heterocycles. The van der Waals surface area contributed by atoms with E-state index >= 15 is 0 Å². The van der Waals surface area contributed by atoms with Crippen molar-refractivity contribution in [3.63, 3.8) is 0 Å². The van der Waals surface area contributed by atoms with Gasteiger partial charge in [0.05, 0.1) is 0 Å². The molecule has 0 spiro atoms. The van der Waals surface area contributed by atoms with Gasteiger partial charge in [0.2, 0.25) is 0 Å². The van der Waals surface area contributed by atoms with Gasteiger partial charge in [-0.2, -0.15) is 0 Å². The van der Waals surface area contributed by atoms with Gasteiger partial charge >= 0.3 is 0 Å². The van der Waals surface area contributed by atoms with Crippen LogP contribution in [0.15, 0.2) is 49.1 Å². The minimum atomic E-state index is 0.547. The fraction of sp³-hybridized carbons (Fsp3) is 0.143. The predicted octanol–water partition coefficient (Wildman–Crippen LogP) is 2.01. The normalized spacial score (nSPS) is 9.80. The molecule has 0 aliphatic heterocycles. The van der Waals surface area contributed by atoms with Crippen LogP contribution in [0.5, 0.6) is 0 Å². The summed E-state index contributed by atoms with van der Waals surface area (Å²) in [5.41, 5.74) is 2.22. The highest BCUT2D eigenvalue weighted by atomic mass is 32.1. The Bertz CT molecular complexity index is 519. The molecule has 0 bridgehead atoms. The first-order valence-corrected chi connectivity index (χ1v) is 6.91. The van der Waals surface area contributed by atoms with Gasteiger partial charge in [0.1, 0.15) is 9.98 Å². The number of hydrogen-bond donors (Lipinski definition) is 2. The zero-order valence-corrected chi connectivity index (χ0v) is 12.4. The van der Waals surface area contributed by atoms with Crippen LogP contribution in [0.3, 0.4) is 0 Å². The summed E-state index contributed by atoms with van der Waals surface area (Å²) in [4.78, 5) is 9.03. The second-order valence-electron chi connectivity index (χ2n) is 4.08. The average molecular weight is 302 g/mol. The van der Waals surface area contributed by atoms with Gasteiger partial charge in [-0.15, -0.1) is 0 Å². The van der Waals surface area contributed by atoms with Crippen molar-refractivity contribution in [2.45, 2.75) is 13.1 Å². The molecule has 0 aliphatic carbocycles. The van der Waals surface area contributed by atoms with E-state index in [1.165, 1.54) is 0 Å². The van der Waals surface area contributed by atoms with Crippen molar-refractivity contribution in [2.75, 3.05) is 0 Å². The highest BCUT2D eigenvalue weighted by Crippen LogP contribution is 1.97.